The number of hydrogen-bond donors (Lipinski definition) is 2. The van der Waals surface area contributed by atoms with E-state index in [2.05, 4.69) is 40.1 Å². The standard InChI is InChI=1S/C21H29FN4OS.HI/c1-16(12-18-4-3-11-28-18)14-24-21(23-2)25-15-17-5-6-20(19(22)13-17)26-7-9-27-10-8-26;/h3-6,11,13,16H,7-10,12,14-15H2,1-2H3,(H2,23,24,25);1H. The highest BCUT2D eigenvalue weighted by Crippen LogP contribution is 2.21. The van der Waals surface area contributed by atoms with Crippen LogP contribution in [0.5, 0.6) is 0 Å². The topological polar surface area (TPSA) is 48.9 Å². The second-order valence-corrected chi connectivity index (χ2v) is 8.11. The van der Waals surface area contributed by atoms with Crippen molar-refractivity contribution in [2.45, 2.75) is 19.9 Å². The Morgan fingerprint density at radius 2 is 2.07 bits per heavy atom. The quantitative estimate of drug-likeness (QED) is 0.323. The average Bonchev–Trinajstić information content (AvgIpc) is 3.22. The third-order valence-corrected chi connectivity index (χ3v) is 5.69. The first kappa shape index (κ1) is 23.9. The van der Waals surface area contributed by atoms with Gasteiger partial charge in [0.05, 0.1) is 18.9 Å². The van der Waals surface area contributed by atoms with Gasteiger partial charge in [0.25, 0.3) is 0 Å². The number of benzene rings is 1. The molecule has 1 atom stereocenters. The Labute approximate surface area is 193 Å². The fraction of sp³-hybridized carbons (Fsp3) is 0.476. The lowest BCUT2D eigenvalue weighted by Crippen LogP contribution is -2.39. The summed E-state index contributed by atoms with van der Waals surface area (Å²) >= 11 is 1.79. The fourth-order valence-electron chi connectivity index (χ4n) is 3.24. The number of halogens is 2. The minimum Gasteiger partial charge on any atom is -0.378 e. The van der Waals surface area contributed by atoms with Crippen LogP contribution < -0.4 is 15.5 Å². The van der Waals surface area contributed by atoms with Gasteiger partial charge in [0.1, 0.15) is 5.82 Å². The van der Waals surface area contributed by atoms with Crippen molar-refractivity contribution in [3.8, 4) is 0 Å². The maximum Gasteiger partial charge on any atom is 0.191 e. The maximum absolute atomic E-state index is 14.5. The summed E-state index contributed by atoms with van der Waals surface area (Å²) in [4.78, 5) is 7.70. The first-order valence-corrected chi connectivity index (χ1v) is 10.6. The molecular weight excluding hydrogens is 502 g/mol. The first-order chi connectivity index (χ1) is 13.7. The summed E-state index contributed by atoms with van der Waals surface area (Å²) in [6.07, 6.45) is 1.05. The summed E-state index contributed by atoms with van der Waals surface area (Å²) in [5.74, 6) is 1.05. The van der Waals surface area contributed by atoms with Gasteiger partial charge in [0.15, 0.2) is 5.96 Å². The second-order valence-electron chi connectivity index (χ2n) is 7.08. The number of morpholine rings is 1. The lowest BCUT2D eigenvalue weighted by Gasteiger charge is -2.29. The van der Waals surface area contributed by atoms with Crippen molar-refractivity contribution < 1.29 is 9.13 Å². The number of nitrogens with one attached hydrogen (secondary N) is 2. The van der Waals surface area contributed by atoms with Crippen molar-refractivity contribution in [1.82, 2.24) is 10.6 Å². The van der Waals surface area contributed by atoms with Crippen molar-refractivity contribution in [2.75, 3.05) is 44.8 Å². The van der Waals surface area contributed by atoms with E-state index in [9.17, 15) is 4.39 Å². The molecule has 0 saturated carbocycles. The van der Waals surface area contributed by atoms with Crippen LogP contribution >= 0.6 is 35.3 Å². The van der Waals surface area contributed by atoms with E-state index in [1.165, 1.54) is 4.88 Å². The van der Waals surface area contributed by atoms with Gasteiger partial charge in [0.2, 0.25) is 0 Å². The van der Waals surface area contributed by atoms with Crippen LogP contribution in [0, 0.1) is 11.7 Å². The van der Waals surface area contributed by atoms with Gasteiger partial charge in [-0.3, -0.25) is 4.99 Å². The minimum absolute atomic E-state index is 0. The summed E-state index contributed by atoms with van der Waals surface area (Å²) < 4.78 is 19.9. The van der Waals surface area contributed by atoms with Gasteiger partial charge in [-0.25, -0.2) is 4.39 Å². The monoisotopic (exact) mass is 532 g/mol. The van der Waals surface area contributed by atoms with Gasteiger partial charge in [-0.1, -0.05) is 19.1 Å². The summed E-state index contributed by atoms with van der Waals surface area (Å²) in [5, 5.41) is 8.74. The normalized spacial score (nSPS) is 15.6. The van der Waals surface area contributed by atoms with Crippen LogP contribution in [0.2, 0.25) is 0 Å². The Kier molecular flexibility index (Phi) is 10.2. The van der Waals surface area contributed by atoms with E-state index in [0.717, 1.165) is 37.6 Å². The maximum atomic E-state index is 14.5. The highest BCUT2D eigenvalue weighted by Gasteiger charge is 2.15. The van der Waals surface area contributed by atoms with Crippen molar-refractivity contribution in [2.24, 2.45) is 10.9 Å². The molecule has 1 aromatic heterocycles. The molecule has 160 valence electrons. The van der Waals surface area contributed by atoms with Crippen LogP contribution in [0.3, 0.4) is 0 Å². The van der Waals surface area contributed by atoms with Gasteiger partial charge in [0, 0.05) is 38.1 Å². The predicted octanol–water partition coefficient (Wildman–Crippen LogP) is 3.89. The summed E-state index contributed by atoms with van der Waals surface area (Å²) in [7, 11) is 1.75. The van der Waals surface area contributed by atoms with E-state index in [4.69, 9.17) is 4.74 Å². The van der Waals surface area contributed by atoms with Gasteiger partial charge in [-0.2, -0.15) is 0 Å². The zero-order valence-electron chi connectivity index (χ0n) is 17.0. The molecule has 1 aliphatic heterocycles. The highest BCUT2D eigenvalue weighted by molar-refractivity contribution is 14.0. The summed E-state index contributed by atoms with van der Waals surface area (Å²) in [5.41, 5.74) is 1.54. The SMILES string of the molecule is CN=C(NCc1ccc(N2CCOCC2)c(F)c1)NCC(C)Cc1cccs1.I. The Morgan fingerprint density at radius 3 is 2.72 bits per heavy atom. The molecule has 5 nitrogen and oxygen atoms in total. The van der Waals surface area contributed by atoms with Crippen molar-refractivity contribution in [3.05, 3.63) is 52.0 Å². The third-order valence-electron chi connectivity index (χ3n) is 4.80. The molecule has 0 spiro atoms. The van der Waals surface area contributed by atoms with E-state index in [1.807, 2.05) is 17.0 Å². The molecule has 1 fully saturated rings. The number of anilines is 1. The molecule has 0 aliphatic carbocycles. The van der Waals surface area contributed by atoms with Crippen molar-refractivity contribution in [1.29, 1.82) is 0 Å². The molecule has 0 amide bonds. The minimum atomic E-state index is -0.186. The third kappa shape index (κ3) is 7.42. The second kappa shape index (κ2) is 12.3. The molecule has 8 heteroatoms. The molecule has 29 heavy (non-hydrogen) atoms. The molecule has 3 rings (SSSR count). The van der Waals surface area contributed by atoms with Crippen LogP contribution in [-0.2, 0) is 17.7 Å². The van der Waals surface area contributed by atoms with Crippen LogP contribution in [0.15, 0.2) is 40.7 Å². The largest absolute Gasteiger partial charge is 0.378 e. The smallest absolute Gasteiger partial charge is 0.191 e. The molecular formula is C21H30FIN4OS. The molecule has 0 radical (unpaired) electrons. The van der Waals surface area contributed by atoms with E-state index in [-0.39, 0.29) is 29.8 Å². The average molecular weight is 532 g/mol. The number of aliphatic imine (C=N–C) groups is 1. The van der Waals surface area contributed by atoms with Gasteiger partial charge in [-0.05, 0) is 41.5 Å². The fourth-order valence-corrected chi connectivity index (χ4v) is 4.11. The summed E-state index contributed by atoms with van der Waals surface area (Å²) in [6.45, 7) is 6.34. The number of rotatable bonds is 7. The van der Waals surface area contributed by atoms with E-state index in [1.54, 1.807) is 24.5 Å². The number of thiophene rings is 1. The van der Waals surface area contributed by atoms with Crippen LogP contribution in [0.25, 0.3) is 0 Å². The highest BCUT2D eigenvalue weighted by atomic mass is 127. The molecule has 2 aromatic rings. The van der Waals surface area contributed by atoms with Gasteiger partial charge in [-0.15, -0.1) is 35.3 Å². The lowest BCUT2D eigenvalue weighted by molar-refractivity contribution is 0.122. The van der Waals surface area contributed by atoms with Crippen molar-refractivity contribution >= 4 is 47.0 Å². The Hall–Kier alpha value is -1.39. The first-order valence-electron chi connectivity index (χ1n) is 9.73. The zero-order chi connectivity index (χ0) is 19.8. The Morgan fingerprint density at radius 1 is 1.28 bits per heavy atom. The number of guanidine groups is 1. The van der Waals surface area contributed by atoms with Crippen molar-refractivity contribution in [3.63, 3.8) is 0 Å². The Balaban J connectivity index is 0.00000300. The van der Waals surface area contributed by atoms with Crippen LogP contribution in [0.1, 0.15) is 17.4 Å². The van der Waals surface area contributed by atoms with E-state index < -0.39 is 0 Å². The molecule has 1 aromatic carbocycles. The number of ether oxygens (including phenoxy) is 1. The van der Waals surface area contributed by atoms with Gasteiger partial charge < -0.3 is 20.3 Å². The molecule has 2 N–H and O–H groups in total. The molecule has 1 saturated heterocycles. The van der Waals surface area contributed by atoms with E-state index in [0.29, 0.717) is 31.4 Å². The van der Waals surface area contributed by atoms with Crippen LogP contribution in [0.4, 0.5) is 10.1 Å². The molecule has 1 aliphatic rings. The molecule has 2 heterocycles. The predicted molar refractivity (Wildman–Crippen MR) is 130 cm³/mol. The molecule has 1 unspecified atom stereocenters. The summed E-state index contributed by atoms with van der Waals surface area (Å²) in [6, 6.07) is 9.68. The number of hydrogen-bond acceptors (Lipinski definition) is 4. The zero-order valence-corrected chi connectivity index (χ0v) is 20.1. The number of nitrogens with zero attached hydrogens (tertiary/aromatic N) is 2. The van der Waals surface area contributed by atoms with E-state index >= 15 is 0 Å². The van der Waals surface area contributed by atoms with Gasteiger partial charge >= 0.3 is 0 Å². The molecule has 0 bridgehead atoms. The van der Waals surface area contributed by atoms with Crippen LogP contribution in [-0.4, -0.2) is 45.9 Å². The lowest BCUT2D eigenvalue weighted by atomic mass is 10.1. The Bertz CT molecular complexity index is 766.